The SMILES string of the molecule is O=C(c1ccc(C(F)(F)F)c(-n2cccn2)n1)C1CCCCC1. The van der Waals surface area contributed by atoms with E-state index >= 15 is 0 Å². The summed E-state index contributed by atoms with van der Waals surface area (Å²) in [5, 5.41) is 3.82. The van der Waals surface area contributed by atoms with Crippen molar-refractivity contribution in [2.75, 3.05) is 0 Å². The van der Waals surface area contributed by atoms with Crippen LogP contribution in [0.3, 0.4) is 0 Å². The van der Waals surface area contributed by atoms with Gasteiger partial charge in [0.15, 0.2) is 11.6 Å². The molecule has 0 N–H and O–H groups in total. The number of Topliss-reactive ketones (excluding diaryl/α,β-unsaturated/α-hetero) is 1. The second kappa shape index (κ2) is 6.14. The molecule has 2 aromatic heterocycles. The molecule has 0 aliphatic heterocycles. The van der Waals surface area contributed by atoms with E-state index in [-0.39, 0.29) is 23.2 Å². The first kappa shape index (κ1) is 15.7. The van der Waals surface area contributed by atoms with E-state index in [1.807, 2.05) is 0 Å². The summed E-state index contributed by atoms with van der Waals surface area (Å²) in [6, 6.07) is 3.60. The zero-order valence-electron chi connectivity index (χ0n) is 12.4. The van der Waals surface area contributed by atoms with E-state index in [2.05, 4.69) is 10.1 Å². The molecule has 3 rings (SSSR count). The second-order valence-electron chi connectivity index (χ2n) is 5.72. The van der Waals surface area contributed by atoms with E-state index < -0.39 is 11.7 Å². The van der Waals surface area contributed by atoms with Gasteiger partial charge in [0, 0.05) is 18.3 Å². The monoisotopic (exact) mass is 323 g/mol. The van der Waals surface area contributed by atoms with Gasteiger partial charge in [-0.15, -0.1) is 0 Å². The van der Waals surface area contributed by atoms with Gasteiger partial charge in [0.05, 0.1) is 0 Å². The van der Waals surface area contributed by atoms with Crippen LogP contribution in [0, 0.1) is 5.92 Å². The fourth-order valence-corrected chi connectivity index (χ4v) is 2.95. The van der Waals surface area contributed by atoms with Gasteiger partial charge in [0.25, 0.3) is 0 Å². The van der Waals surface area contributed by atoms with Crippen LogP contribution < -0.4 is 0 Å². The van der Waals surface area contributed by atoms with Gasteiger partial charge in [-0.2, -0.15) is 18.3 Å². The van der Waals surface area contributed by atoms with E-state index in [0.717, 1.165) is 42.9 Å². The number of nitrogens with zero attached hydrogens (tertiary/aromatic N) is 3. The molecule has 23 heavy (non-hydrogen) atoms. The van der Waals surface area contributed by atoms with Crippen molar-refractivity contribution in [1.82, 2.24) is 14.8 Å². The van der Waals surface area contributed by atoms with Crippen molar-refractivity contribution in [1.29, 1.82) is 0 Å². The quantitative estimate of drug-likeness (QED) is 0.801. The first-order chi connectivity index (χ1) is 11.0. The molecule has 0 amide bonds. The van der Waals surface area contributed by atoms with Gasteiger partial charge in [-0.3, -0.25) is 4.79 Å². The predicted molar refractivity (Wildman–Crippen MR) is 77.3 cm³/mol. The molecule has 2 aromatic rings. The molecule has 1 aliphatic carbocycles. The third kappa shape index (κ3) is 3.28. The lowest BCUT2D eigenvalue weighted by atomic mass is 9.85. The Balaban J connectivity index is 2.00. The van der Waals surface area contributed by atoms with Crippen molar-refractivity contribution in [2.45, 2.75) is 38.3 Å². The smallest absolute Gasteiger partial charge is 0.292 e. The number of hydrogen-bond acceptors (Lipinski definition) is 3. The van der Waals surface area contributed by atoms with Crippen molar-refractivity contribution in [2.24, 2.45) is 5.92 Å². The summed E-state index contributed by atoms with van der Waals surface area (Å²) in [4.78, 5) is 16.5. The zero-order chi connectivity index (χ0) is 16.4. The number of carbonyl (C=O) groups excluding carboxylic acids is 1. The number of hydrogen-bond donors (Lipinski definition) is 0. The largest absolute Gasteiger partial charge is 0.420 e. The minimum Gasteiger partial charge on any atom is -0.292 e. The van der Waals surface area contributed by atoms with Gasteiger partial charge in [0.1, 0.15) is 11.3 Å². The van der Waals surface area contributed by atoms with Gasteiger partial charge in [-0.25, -0.2) is 9.67 Å². The molecule has 1 saturated carbocycles. The third-order valence-corrected chi connectivity index (χ3v) is 4.13. The summed E-state index contributed by atoms with van der Waals surface area (Å²) in [5.41, 5.74) is -0.822. The maximum absolute atomic E-state index is 13.2. The van der Waals surface area contributed by atoms with Crippen molar-refractivity contribution in [3.63, 3.8) is 0 Å². The Morgan fingerprint density at radius 2 is 1.91 bits per heavy atom. The molecule has 7 heteroatoms. The second-order valence-corrected chi connectivity index (χ2v) is 5.72. The van der Waals surface area contributed by atoms with Crippen LogP contribution in [0.2, 0.25) is 0 Å². The first-order valence-corrected chi connectivity index (χ1v) is 7.59. The van der Waals surface area contributed by atoms with E-state index in [1.54, 1.807) is 0 Å². The number of rotatable bonds is 3. The number of aromatic nitrogens is 3. The van der Waals surface area contributed by atoms with Crippen molar-refractivity contribution in [3.8, 4) is 5.82 Å². The molecule has 122 valence electrons. The molecule has 0 atom stereocenters. The summed E-state index contributed by atoms with van der Waals surface area (Å²) < 4.78 is 40.5. The van der Waals surface area contributed by atoms with Gasteiger partial charge in [-0.05, 0) is 31.0 Å². The van der Waals surface area contributed by atoms with E-state index in [1.165, 1.54) is 24.5 Å². The van der Waals surface area contributed by atoms with Crippen LogP contribution in [0.4, 0.5) is 13.2 Å². The molecule has 0 bridgehead atoms. The average Bonchev–Trinajstić information content (AvgIpc) is 3.08. The van der Waals surface area contributed by atoms with Gasteiger partial charge < -0.3 is 0 Å². The Labute approximate surface area is 131 Å². The Kier molecular flexibility index (Phi) is 4.19. The lowest BCUT2D eigenvalue weighted by Gasteiger charge is -2.20. The lowest BCUT2D eigenvalue weighted by Crippen LogP contribution is -2.21. The summed E-state index contributed by atoms with van der Waals surface area (Å²) in [5.74, 6) is -0.672. The number of halogens is 3. The van der Waals surface area contributed by atoms with Crippen LogP contribution >= 0.6 is 0 Å². The molecular formula is C16H16F3N3O. The van der Waals surface area contributed by atoms with E-state index in [0.29, 0.717) is 0 Å². The minimum absolute atomic E-state index is 0.0791. The normalized spacial score (nSPS) is 16.5. The number of carbonyl (C=O) groups is 1. The number of alkyl halides is 3. The summed E-state index contributed by atoms with van der Waals surface area (Å²) in [6.07, 6.45) is 2.80. The van der Waals surface area contributed by atoms with Gasteiger partial charge in [0.2, 0.25) is 0 Å². The molecule has 0 spiro atoms. The highest BCUT2D eigenvalue weighted by atomic mass is 19.4. The van der Waals surface area contributed by atoms with Crippen LogP contribution in [0.1, 0.15) is 48.2 Å². The molecule has 1 fully saturated rings. The molecule has 2 heterocycles. The Hall–Kier alpha value is -2.18. The molecule has 0 saturated heterocycles. The fourth-order valence-electron chi connectivity index (χ4n) is 2.95. The molecule has 0 unspecified atom stereocenters. The Morgan fingerprint density at radius 3 is 2.52 bits per heavy atom. The topological polar surface area (TPSA) is 47.8 Å². The minimum atomic E-state index is -4.55. The molecular weight excluding hydrogens is 307 g/mol. The summed E-state index contributed by atoms with van der Waals surface area (Å²) in [6.45, 7) is 0. The highest BCUT2D eigenvalue weighted by molar-refractivity contribution is 5.96. The maximum atomic E-state index is 13.2. The zero-order valence-corrected chi connectivity index (χ0v) is 12.4. The molecule has 4 nitrogen and oxygen atoms in total. The third-order valence-electron chi connectivity index (χ3n) is 4.13. The first-order valence-electron chi connectivity index (χ1n) is 7.59. The van der Waals surface area contributed by atoms with Crippen LogP contribution in [0.15, 0.2) is 30.6 Å². The van der Waals surface area contributed by atoms with Crippen LogP contribution in [-0.2, 0) is 6.18 Å². The molecule has 0 radical (unpaired) electrons. The predicted octanol–water partition coefficient (Wildman–Crippen LogP) is 4.05. The summed E-state index contributed by atoms with van der Waals surface area (Å²) >= 11 is 0. The molecule has 0 aromatic carbocycles. The van der Waals surface area contributed by atoms with Crippen LogP contribution in [0.5, 0.6) is 0 Å². The summed E-state index contributed by atoms with van der Waals surface area (Å²) in [7, 11) is 0. The van der Waals surface area contributed by atoms with Crippen LogP contribution in [0.25, 0.3) is 5.82 Å². The van der Waals surface area contributed by atoms with Crippen molar-refractivity contribution in [3.05, 3.63) is 41.9 Å². The van der Waals surface area contributed by atoms with E-state index in [4.69, 9.17) is 0 Å². The fraction of sp³-hybridized carbons (Fsp3) is 0.438. The Morgan fingerprint density at radius 1 is 1.17 bits per heavy atom. The standard InChI is InChI=1S/C16H16F3N3O/c17-16(18,19)12-7-8-13(14(23)11-5-2-1-3-6-11)21-15(12)22-10-4-9-20-22/h4,7-11H,1-3,5-6H2. The lowest BCUT2D eigenvalue weighted by molar-refractivity contribution is -0.137. The Bertz CT molecular complexity index is 689. The number of pyridine rings is 1. The maximum Gasteiger partial charge on any atom is 0.420 e. The highest BCUT2D eigenvalue weighted by Gasteiger charge is 2.36. The average molecular weight is 323 g/mol. The van der Waals surface area contributed by atoms with Gasteiger partial charge >= 0.3 is 6.18 Å². The van der Waals surface area contributed by atoms with Gasteiger partial charge in [-0.1, -0.05) is 19.3 Å². The molecule has 1 aliphatic rings. The van der Waals surface area contributed by atoms with Crippen molar-refractivity contribution < 1.29 is 18.0 Å². The van der Waals surface area contributed by atoms with Crippen LogP contribution in [-0.4, -0.2) is 20.5 Å². The van der Waals surface area contributed by atoms with Crippen molar-refractivity contribution >= 4 is 5.78 Å². The number of ketones is 1. The highest BCUT2D eigenvalue weighted by Crippen LogP contribution is 2.34. The van der Waals surface area contributed by atoms with E-state index in [9.17, 15) is 18.0 Å².